The molecule has 0 atom stereocenters. The van der Waals surface area contributed by atoms with Crippen LogP contribution < -0.4 is 5.32 Å². The lowest BCUT2D eigenvalue weighted by Crippen LogP contribution is -2.24. The first-order valence-electron chi connectivity index (χ1n) is 5.89. The Bertz CT molecular complexity index is 666. The molecule has 2 rings (SSSR count). The topological polar surface area (TPSA) is 78.7 Å². The van der Waals surface area contributed by atoms with E-state index in [1.807, 2.05) is 6.07 Å². The first-order chi connectivity index (χ1) is 9.70. The molecule has 0 aliphatic rings. The predicted octanol–water partition coefficient (Wildman–Crippen LogP) is 1.61. The summed E-state index contributed by atoms with van der Waals surface area (Å²) in [6, 6.07) is 6.33. The third-order valence-electron chi connectivity index (χ3n) is 2.59. The summed E-state index contributed by atoms with van der Waals surface area (Å²) in [5.41, 5.74) is 1.15. The molecule has 2 aromatic rings. The number of rotatable bonds is 4. The summed E-state index contributed by atoms with van der Waals surface area (Å²) < 4.78 is 13.3. The second kappa shape index (κ2) is 6.38. The smallest absolute Gasteiger partial charge is 0.253 e. The van der Waals surface area contributed by atoms with Crippen LogP contribution in [0.3, 0.4) is 0 Å². The Morgan fingerprint density at radius 3 is 3.05 bits per heavy atom. The zero-order valence-corrected chi connectivity index (χ0v) is 10.5. The zero-order valence-electron chi connectivity index (χ0n) is 10.5. The van der Waals surface area contributed by atoms with Gasteiger partial charge in [-0.1, -0.05) is 0 Å². The van der Waals surface area contributed by atoms with Gasteiger partial charge in [-0.05, 0) is 23.8 Å². The lowest BCUT2D eigenvalue weighted by Gasteiger charge is -2.06. The molecule has 2 heterocycles. The van der Waals surface area contributed by atoms with Gasteiger partial charge in [-0.25, -0.2) is 4.39 Å². The summed E-state index contributed by atoms with van der Waals surface area (Å²) in [5, 5.41) is 11.2. The maximum Gasteiger partial charge on any atom is 0.253 e. The second-order valence-electron chi connectivity index (χ2n) is 4.03. The number of halogens is 1. The zero-order chi connectivity index (χ0) is 14.4. The van der Waals surface area contributed by atoms with E-state index < -0.39 is 5.82 Å². The van der Waals surface area contributed by atoms with Gasteiger partial charge in [0.25, 0.3) is 5.91 Å². The van der Waals surface area contributed by atoms with Crippen LogP contribution in [0.5, 0.6) is 0 Å². The highest BCUT2D eigenvalue weighted by atomic mass is 19.1. The standard InChI is InChI=1S/C14H11FN4O/c15-12-2-1-5-18-13(12)9-19-14(20)11-6-10(3-4-16)7-17-8-11/h1-2,5-8H,3,9H2,(H,19,20). The lowest BCUT2D eigenvalue weighted by molar-refractivity contribution is 0.0949. The van der Waals surface area contributed by atoms with Crippen LogP contribution in [0.4, 0.5) is 4.39 Å². The van der Waals surface area contributed by atoms with Crippen LogP contribution in [0, 0.1) is 17.1 Å². The minimum Gasteiger partial charge on any atom is -0.346 e. The number of carbonyl (C=O) groups excluding carboxylic acids is 1. The summed E-state index contributed by atoms with van der Waals surface area (Å²) in [7, 11) is 0. The molecule has 1 amide bonds. The summed E-state index contributed by atoms with van der Waals surface area (Å²) in [4.78, 5) is 19.6. The van der Waals surface area contributed by atoms with Crippen molar-refractivity contribution in [2.45, 2.75) is 13.0 Å². The van der Waals surface area contributed by atoms with Crippen molar-refractivity contribution in [3.63, 3.8) is 0 Å². The molecule has 20 heavy (non-hydrogen) atoms. The van der Waals surface area contributed by atoms with Crippen molar-refractivity contribution in [3.05, 3.63) is 59.4 Å². The van der Waals surface area contributed by atoms with Crippen LogP contribution in [0.1, 0.15) is 21.6 Å². The van der Waals surface area contributed by atoms with Crippen molar-refractivity contribution in [3.8, 4) is 6.07 Å². The van der Waals surface area contributed by atoms with Gasteiger partial charge in [-0.2, -0.15) is 5.26 Å². The molecule has 0 aliphatic heterocycles. The molecular formula is C14H11FN4O. The molecule has 0 unspecified atom stereocenters. The van der Waals surface area contributed by atoms with Gasteiger partial charge in [0.2, 0.25) is 0 Å². The van der Waals surface area contributed by atoms with Crippen LogP contribution >= 0.6 is 0 Å². The van der Waals surface area contributed by atoms with Crippen LogP contribution in [-0.2, 0) is 13.0 Å². The molecule has 6 heteroatoms. The van der Waals surface area contributed by atoms with Gasteiger partial charge in [0.15, 0.2) is 0 Å². The van der Waals surface area contributed by atoms with E-state index in [9.17, 15) is 9.18 Å². The number of nitriles is 1. The Labute approximate surface area is 115 Å². The number of aromatic nitrogens is 2. The van der Waals surface area contributed by atoms with E-state index in [1.165, 1.54) is 30.7 Å². The Morgan fingerprint density at radius 2 is 2.30 bits per heavy atom. The van der Waals surface area contributed by atoms with Crippen molar-refractivity contribution in [2.24, 2.45) is 0 Å². The molecule has 0 saturated carbocycles. The molecule has 5 nitrogen and oxygen atoms in total. The first kappa shape index (κ1) is 13.6. The average molecular weight is 270 g/mol. The van der Waals surface area contributed by atoms with Gasteiger partial charge < -0.3 is 5.32 Å². The number of amides is 1. The SMILES string of the molecule is N#CCc1cncc(C(=O)NCc2ncccc2F)c1. The molecule has 2 aromatic heterocycles. The average Bonchev–Trinajstić information content (AvgIpc) is 2.47. The molecule has 0 aromatic carbocycles. The summed E-state index contributed by atoms with van der Waals surface area (Å²) >= 11 is 0. The van der Waals surface area contributed by atoms with Crippen molar-refractivity contribution in [1.29, 1.82) is 5.26 Å². The summed E-state index contributed by atoms with van der Waals surface area (Å²) in [6.45, 7) is -0.00597. The Hall–Kier alpha value is -2.81. The van der Waals surface area contributed by atoms with Crippen molar-refractivity contribution >= 4 is 5.91 Å². The molecule has 0 fully saturated rings. The summed E-state index contributed by atoms with van der Waals surface area (Å²) in [5.74, 6) is -0.855. The van der Waals surface area contributed by atoms with Gasteiger partial charge in [-0.3, -0.25) is 14.8 Å². The third kappa shape index (κ3) is 3.36. The van der Waals surface area contributed by atoms with Crippen LogP contribution in [0.15, 0.2) is 36.8 Å². The van der Waals surface area contributed by atoms with E-state index in [1.54, 1.807) is 6.07 Å². The van der Waals surface area contributed by atoms with Gasteiger partial charge >= 0.3 is 0 Å². The second-order valence-corrected chi connectivity index (χ2v) is 4.03. The highest BCUT2D eigenvalue weighted by molar-refractivity contribution is 5.93. The van der Waals surface area contributed by atoms with Gasteiger partial charge in [-0.15, -0.1) is 0 Å². The fraction of sp³-hybridized carbons (Fsp3) is 0.143. The normalized spacial score (nSPS) is 9.80. The number of nitrogens with one attached hydrogen (secondary N) is 1. The fourth-order valence-electron chi connectivity index (χ4n) is 1.61. The minimum absolute atomic E-state index is 0.00597. The van der Waals surface area contributed by atoms with E-state index in [0.717, 1.165) is 0 Å². The van der Waals surface area contributed by atoms with Crippen LogP contribution in [0.2, 0.25) is 0 Å². The Morgan fingerprint density at radius 1 is 1.45 bits per heavy atom. The first-order valence-corrected chi connectivity index (χ1v) is 5.89. The maximum absolute atomic E-state index is 13.3. The molecule has 0 radical (unpaired) electrons. The number of pyridine rings is 2. The van der Waals surface area contributed by atoms with Crippen LogP contribution in [0.25, 0.3) is 0 Å². The van der Waals surface area contributed by atoms with E-state index in [-0.39, 0.29) is 24.6 Å². The highest BCUT2D eigenvalue weighted by Crippen LogP contribution is 2.05. The quantitative estimate of drug-likeness (QED) is 0.915. The molecular weight excluding hydrogens is 259 g/mol. The molecule has 0 spiro atoms. The van der Waals surface area contributed by atoms with E-state index in [4.69, 9.17) is 5.26 Å². The van der Waals surface area contributed by atoms with Gasteiger partial charge in [0.1, 0.15) is 5.82 Å². The number of hydrogen-bond donors (Lipinski definition) is 1. The molecule has 1 N–H and O–H groups in total. The lowest BCUT2D eigenvalue weighted by atomic mass is 10.1. The van der Waals surface area contributed by atoms with Gasteiger partial charge in [0.05, 0.1) is 30.3 Å². The van der Waals surface area contributed by atoms with E-state index in [0.29, 0.717) is 11.1 Å². The fourth-order valence-corrected chi connectivity index (χ4v) is 1.61. The predicted molar refractivity (Wildman–Crippen MR) is 68.9 cm³/mol. The number of nitrogens with zero attached hydrogens (tertiary/aromatic N) is 3. The molecule has 0 aliphatic carbocycles. The molecule has 0 saturated heterocycles. The van der Waals surface area contributed by atoms with E-state index >= 15 is 0 Å². The van der Waals surface area contributed by atoms with Crippen LogP contribution in [-0.4, -0.2) is 15.9 Å². The highest BCUT2D eigenvalue weighted by Gasteiger charge is 2.09. The third-order valence-corrected chi connectivity index (χ3v) is 2.59. The Balaban J connectivity index is 2.04. The van der Waals surface area contributed by atoms with Gasteiger partial charge in [0, 0.05) is 18.6 Å². The summed E-state index contributed by atoms with van der Waals surface area (Å²) in [6.07, 6.45) is 4.56. The molecule has 100 valence electrons. The number of carbonyl (C=O) groups is 1. The van der Waals surface area contributed by atoms with E-state index in [2.05, 4.69) is 15.3 Å². The minimum atomic E-state index is -0.468. The Kier molecular flexibility index (Phi) is 4.35. The number of hydrogen-bond acceptors (Lipinski definition) is 4. The van der Waals surface area contributed by atoms with Crippen molar-refractivity contribution in [1.82, 2.24) is 15.3 Å². The van der Waals surface area contributed by atoms with Crippen molar-refractivity contribution in [2.75, 3.05) is 0 Å². The molecule has 0 bridgehead atoms. The van der Waals surface area contributed by atoms with Crippen molar-refractivity contribution < 1.29 is 9.18 Å². The monoisotopic (exact) mass is 270 g/mol. The maximum atomic E-state index is 13.3. The largest absolute Gasteiger partial charge is 0.346 e.